The van der Waals surface area contributed by atoms with E-state index in [2.05, 4.69) is 192 Å². The zero-order chi connectivity index (χ0) is 32.7. The first-order valence-corrected chi connectivity index (χ1v) is 17.8. The Morgan fingerprint density at radius 1 is 0.673 bits per heavy atom. The van der Waals surface area contributed by atoms with Gasteiger partial charge in [0.1, 0.15) is 5.54 Å². The average Bonchev–Trinajstić information content (AvgIpc) is 3.72. The van der Waals surface area contributed by atoms with E-state index in [9.17, 15) is 0 Å². The zero-order valence-corrected chi connectivity index (χ0v) is 28.0. The maximum Gasteiger partial charge on any atom is 0.212 e. The molecule has 7 atom stereocenters. The van der Waals surface area contributed by atoms with Gasteiger partial charge in [-0.05, 0) is 67.3 Å². The van der Waals surface area contributed by atoms with Crippen molar-refractivity contribution in [1.29, 1.82) is 0 Å². The number of rotatable bonds is 4. The van der Waals surface area contributed by atoms with Gasteiger partial charge in [0.15, 0.2) is 0 Å². The van der Waals surface area contributed by atoms with Gasteiger partial charge in [-0.3, -0.25) is 4.90 Å². The van der Waals surface area contributed by atoms with Crippen LogP contribution in [0.2, 0.25) is 0 Å². The highest BCUT2D eigenvalue weighted by Crippen LogP contribution is 2.55. The molecule has 1 fully saturated rings. The van der Waals surface area contributed by atoms with E-state index >= 15 is 0 Å². The second-order valence-corrected chi connectivity index (χ2v) is 14.7. The minimum Gasteiger partial charge on any atom is -0.355 e. The summed E-state index contributed by atoms with van der Waals surface area (Å²) in [5, 5.41) is 0. The van der Waals surface area contributed by atoms with E-state index in [4.69, 9.17) is 4.99 Å². The molecule has 49 heavy (non-hydrogen) atoms. The number of aliphatic imine (C=N–C) groups is 1. The lowest BCUT2D eigenvalue weighted by molar-refractivity contribution is 0.435. The van der Waals surface area contributed by atoms with Crippen LogP contribution < -0.4 is 14.7 Å². The molecule has 3 heterocycles. The summed E-state index contributed by atoms with van der Waals surface area (Å²) in [6.45, 7) is 4.68. The van der Waals surface area contributed by atoms with Crippen LogP contribution in [-0.4, -0.2) is 29.1 Å². The number of hydrogen-bond acceptors (Lipinski definition) is 4. The Morgan fingerprint density at radius 3 is 2.37 bits per heavy atom. The summed E-state index contributed by atoms with van der Waals surface area (Å²) in [7, 11) is 0. The van der Waals surface area contributed by atoms with E-state index in [0.717, 1.165) is 18.1 Å². The third-order valence-electron chi connectivity index (χ3n) is 11.8. The first-order valence-electron chi connectivity index (χ1n) is 17.8. The minimum atomic E-state index is -0.351. The maximum absolute atomic E-state index is 5.54. The number of anilines is 4. The van der Waals surface area contributed by atoms with E-state index in [1.54, 1.807) is 0 Å². The molecule has 0 spiro atoms. The van der Waals surface area contributed by atoms with Gasteiger partial charge in [-0.25, -0.2) is 4.99 Å². The summed E-state index contributed by atoms with van der Waals surface area (Å²) in [6.07, 6.45) is 37.4. The molecular formula is C45H40N4. The van der Waals surface area contributed by atoms with Gasteiger partial charge in [0.2, 0.25) is 5.96 Å². The predicted octanol–water partition coefficient (Wildman–Crippen LogP) is 9.97. The maximum atomic E-state index is 5.54. The molecule has 4 heteroatoms. The first kappa shape index (κ1) is 28.6. The van der Waals surface area contributed by atoms with Crippen LogP contribution in [0.1, 0.15) is 31.7 Å². The lowest BCUT2D eigenvalue weighted by atomic mass is 9.76. The van der Waals surface area contributed by atoms with Gasteiger partial charge in [0, 0.05) is 23.4 Å². The summed E-state index contributed by atoms with van der Waals surface area (Å²) < 4.78 is 0. The van der Waals surface area contributed by atoms with Crippen LogP contribution in [0.4, 0.5) is 22.7 Å². The molecule has 0 N–H and O–H groups in total. The van der Waals surface area contributed by atoms with Crippen LogP contribution in [0.15, 0.2) is 169 Å². The SMILES string of the molecule is CC12C=CC=CC1N1C(=N2)N(c2cc(-c3ccccc3)cc(C3C=CC=CC3)c2)c2ccc(N3C4C=CC=CC4C4C=CC=CC43C)cc21. The molecule has 0 saturated carbocycles. The fourth-order valence-electron chi connectivity index (χ4n) is 9.46. The van der Waals surface area contributed by atoms with Crippen LogP contribution in [-0.2, 0) is 0 Å². The third-order valence-corrected chi connectivity index (χ3v) is 11.8. The minimum absolute atomic E-state index is 0.0966. The zero-order valence-electron chi connectivity index (χ0n) is 28.0. The first-order chi connectivity index (χ1) is 24.0. The van der Waals surface area contributed by atoms with Crippen molar-refractivity contribution >= 4 is 28.7 Å². The van der Waals surface area contributed by atoms with Crippen molar-refractivity contribution in [3.05, 3.63) is 170 Å². The van der Waals surface area contributed by atoms with Crippen LogP contribution in [0.3, 0.4) is 0 Å². The standard InChI is InChI=1S/C45H40N4/c1-44-25-13-12-22-42(44)48-41-30-35(49-39-21-10-9-19-37(39)38-20-11-14-26-45(38,49)2)23-24-40(41)47(43(48)46-44)36-28-33(31-15-5-3-6-16-31)27-34(29-36)32-17-7-4-8-18-32/h3-17,19-30,32,37-39,42H,18H2,1-2H3. The molecular weight excluding hydrogens is 597 g/mol. The Morgan fingerprint density at radius 2 is 1.49 bits per heavy atom. The number of guanidine groups is 1. The monoisotopic (exact) mass is 636 g/mol. The quantitative estimate of drug-likeness (QED) is 0.285. The Kier molecular flexibility index (Phi) is 6.18. The van der Waals surface area contributed by atoms with Gasteiger partial charge in [0.05, 0.1) is 34.7 Å². The van der Waals surface area contributed by atoms with Crippen molar-refractivity contribution in [1.82, 2.24) is 0 Å². The number of nitrogens with zero attached hydrogens (tertiary/aromatic N) is 4. The van der Waals surface area contributed by atoms with Crippen molar-refractivity contribution in [2.75, 3.05) is 14.7 Å². The van der Waals surface area contributed by atoms with E-state index < -0.39 is 0 Å². The fraction of sp³-hybridized carbons (Fsp3) is 0.222. The highest BCUT2D eigenvalue weighted by atomic mass is 15.5. The van der Waals surface area contributed by atoms with Crippen molar-refractivity contribution in [2.24, 2.45) is 16.8 Å². The van der Waals surface area contributed by atoms with Crippen molar-refractivity contribution in [2.45, 2.75) is 49.3 Å². The van der Waals surface area contributed by atoms with Crippen LogP contribution in [0, 0.1) is 11.8 Å². The molecule has 4 nitrogen and oxygen atoms in total. The highest BCUT2D eigenvalue weighted by Gasteiger charge is 2.55. The molecule has 7 aliphatic rings. The second-order valence-electron chi connectivity index (χ2n) is 14.7. The van der Waals surface area contributed by atoms with Crippen molar-refractivity contribution in [3.63, 3.8) is 0 Å². The molecule has 3 aromatic carbocycles. The highest BCUT2D eigenvalue weighted by molar-refractivity contribution is 6.22. The molecule has 0 aromatic heterocycles. The molecule has 1 saturated heterocycles. The average molecular weight is 637 g/mol. The summed E-state index contributed by atoms with van der Waals surface area (Å²) in [4.78, 5) is 13.1. The molecule has 7 unspecified atom stereocenters. The Bertz CT molecular complexity index is 2140. The molecule has 3 aliphatic heterocycles. The third kappa shape index (κ3) is 4.19. The summed E-state index contributed by atoms with van der Waals surface area (Å²) >= 11 is 0. The molecule has 3 aromatic rings. The van der Waals surface area contributed by atoms with E-state index in [-0.39, 0.29) is 17.1 Å². The van der Waals surface area contributed by atoms with Gasteiger partial charge in [-0.2, -0.15) is 0 Å². The predicted molar refractivity (Wildman–Crippen MR) is 205 cm³/mol. The molecule has 4 aliphatic carbocycles. The molecule has 0 amide bonds. The lowest BCUT2D eigenvalue weighted by Gasteiger charge is -2.41. The van der Waals surface area contributed by atoms with Crippen LogP contribution >= 0.6 is 0 Å². The number of fused-ring (bicyclic) bond motifs is 8. The number of benzene rings is 3. The van der Waals surface area contributed by atoms with Gasteiger partial charge >= 0.3 is 0 Å². The van der Waals surface area contributed by atoms with Crippen LogP contribution in [0.5, 0.6) is 0 Å². The smallest absolute Gasteiger partial charge is 0.212 e. The summed E-state index contributed by atoms with van der Waals surface area (Å²) in [6, 6.07) is 25.5. The van der Waals surface area contributed by atoms with Crippen molar-refractivity contribution < 1.29 is 0 Å². The summed E-state index contributed by atoms with van der Waals surface area (Å²) in [5.74, 6) is 2.17. The van der Waals surface area contributed by atoms with Crippen LogP contribution in [0.25, 0.3) is 11.1 Å². The van der Waals surface area contributed by atoms with Crippen molar-refractivity contribution in [3.8, 4) is 11.1 Å². The largest absolute Gasteiger partial charge is 0.355 e. The van der Waals surface area contributed by atoms with Gasteiger partial charge in [0.25, 0.3) is 0 Å². The summed E-state index contributed by atoms with van der Waals surface area (Å²) in [5.41, 5.74) is 8.10. The Hall–Kier alpha value is -5.35. The van der Waals surface area contributed by atoms with Gasteiger partial charge in [-0.1, -0.05) is 134 Å². The van der Waals surface area contributed by atoms with Gasteiger partial charge in [-0.15, -0.1) is 0 Å². The molecule has 240 valence electrons. The fourth-order valence-corrected chi connectivity index (χ4v) is 9.46. The normalized spacial score (nSPS) is 32.3. The molecule has 10 rings (SSSR count). The van der Waals surface area contributed by atoms with E-state index in [1.807, 2.05) is 0 Å². The topological polar surface area (TPSA) is 22.1 Å². The lowest BCUT2D eigenvalue weighted by Crippen LogP contribution is -2.47. The molecule has 0 radical (unpaired) electrons. The number of allylic oxidation sites excluding steroid dienone is 10. The van der Waals surface area contributed by atoms with E-state index in [0.29, 0.717) is 23.8 Å². The number of hydrogen-bond donors (Lipinski definition) is 0. The Labute approximate surface area is 289 Å². The Balaban J connectivity index is 1.15. The second kappa shape index (κ2) is 10.6. The molecule has 0 bridgehead atoms. The van der Waals surface area contributed by atoms with Gasteiger partial charge < -0.3 is 9.80 Å². The van der Waals surface area contributed by atoms with E-state index in [1.165, 1.54) is 33.8 Å².